The molecule has 0 aromatic carbocycles. The molecular weight excluding hydrogens is 256 g/mol. The molecule has 0 unspecified atom stereocenters. The van der Waals surface area contributed by atoms with Crippen LogP contribution in [0.4, 0.5) is 4.79 Å². The first-order valence-electron chi connectivity index (χ1n) is 6.68. The first-order chi connectivity index (χ1) is 9.39. The molecule has 0 atom stereocenters. The van der Waals surface area contributed by atoms with Gasteiger partial charge in [0.2, 0.25) is 0 Å². The molecule has 1 amide bonds. The van der Waals surface area contributed by atoms with Gasteiger partial charge in [0, 0.05) is 12.4 Å². The Hall–Kier alpha value is -2.11. The highest BCUT2D eigenvalue weighted by Gasteiger charge is 2.16. The van der Waals surface area contributed by atoms with Crippen LogP contribution >= 0.6 is 0 Å². The minimum atomic E-state index is -0.498. The number of nitrogens with zero attached hydrogens (tertiary/aromatic N) is 3. The number of aryl methyl sites for hydroxylation is 1. The van der Waals surface area contributed by atoms with Crippen molar-refractivity contribution in [2.75, 3.05) is 0 Å². The van der Waals surface area contributed by atoms with Crippen LogP contribution in [0.3, 0.4) is 0 Å². The van der Waals surface area contributed by atoms with Gasteiger partial charge in [0.15, 0.2) is 0 Å². The molecule has 0 saturated heterocycles. The van der Waals surface area contributed by atoms with Crippen molar-refractivity contribution in [3.05, 3.63) is 29.8 Å². The fourth-order valence-electron chi connectivity index (χ4n) is 1.86. The molecule has 0 aliphatic heterocycles. The van der Waals surface area contributed by atoms with Crippen molar-refractivity contribution in [3.63, 3.8) is 0 Å². The van der Waals surface area contributed by atoms with Gasteiger partial charge in [-0.15, -0.1) is 0 Å². The van der Waals surface area contributed by atoms with Crippen LogP contribution in [0.25, 0.3) is 5.52 Å². The maximum absolute atomic E-state index is 11.6. The lowest BCUT2D eigenvalue weighted by atomic mass is 10.2. The van der Waals surface area contributed by atoms with E-state index in [9.17, 15) is 4.79 Å². The highest BCUT2D eigenvalue weighted by atomic mass is 16.6. The summed E-state index contributed by atoms with van der Waals surface area (Å²) in [4.78, 5) is 15.9. The van der Waals surface area contributed by atoms with E-state index in [1.165, 1.54) is 0 Å². The van der Waals surface area contributed by atoms with E-state index in [-0.39, 0.29) is 0 Å². The number of amides is 1. The van der Waals surface area contributed by atoms with Crippen LogP contribution in [0, 0.1) is 0 Å². The molecule has 0 spiro atoms. The Kier molecular flexibility index (Phi) is 3.92. The molecule has 0 aliphatic carbocycles. The number of fused-ring (bicyclic) bond motifs is 1. The summed E-state index contributed by atoms with van der Waals surface area (Å²) in [6.07, 6.45) is 3.92. The van der Waals surface area contributed by atoms with Gasteiger partial charge in [0.1, 0.15) is 5.60 Å². The van der Waals surface area contributed by atoms with E-state index in [4.69, 9.17) is 4.74 Å². The highest BCUT2D eigenvalue weighted by Crippen LogP contribution is 2.11. The molecule has 6 heteroatoms. The van der Waals surface area contributed by atoms with Crippen molar-refractivity contribution in [3.8, 4) is 0 Å². The lowest BCUT2D eigenvalue weighted by Gasteiger charge is -2.19. The van der Waals surface area contributed by atoms with Gasteiger partial charge in [-0.2, -0.15) is 5.10 Å². The van der Waals surface area contributed by atoms with Crippen molar-refractivity contribution < 1.29 is 9.53 Å². The molecule has 0 saturated carbocycles. The van der Waals surface area contributed by atoms with Crippen LogP contribution in [0.5, 0.6) is 0 Å². The first-order valence-corrected chi connectivity index (χ1v) is 6.68. The standard InChI is InChI=1S/C14H20N4O2/c1-5-11-12-8-10(17-18(12)7-6-15-11)9-16-13(19)20-14(2,3)4/h6-8H,5,9H2,1-4H3,(H,16,19). The maximum Gasteiger partial charge on any atom is 0.407 e. The molecule has 108 valence electrons. The summed E-state index contributed by atoms with van der Waals surface area (Å²) in [7, 11) is 0. The van der Waals surface area contributed by atoms with Crippen molar-refractivity contribution in [1.29, 1.82) is 0 Å². The van der Waals surface area contributed by atoms with Crippen molar-refractivity contribution in [2.24, 2.45) is 0 Å². The van der Waals surface area contributed by atoms with Crippen LogP contribution in [0.2, 0.25) is 0 Å². The number of carbonyl (C=O) groups is 1. The van der Waals surface area contributed by atoms with Crippen molar-refractivity contribution in [1.82, 2.24) is 19.9 Å². The van der Waals surface area contributed by atoms with E-state index >= 15 is 0 Å². The summed E-state index contributed by atoms with van der Waals surface area (Å²) in [6.45, 7) is 7.87. The van der Waals surface area contributed by atoms with Gasteiger partial charge in [-0.1, -0.05) is 6.92 Å². The van der Waals surface area contributed by atoms with Crippen molar-refractivity contribution in [2.45, 2.75) is 46.3 Å². The van der Waals surface area contributed by atoms with Crippen LogP contribution in [-0.4, -0.2) is 26.3 Å². The molecule has 0 radical (unpaired) electrons. The van der Waals surface area contributed by atoms with E-state index in [0.717, 1.165) is 23.3 Å². The Balaban J connectivity index is 2.06. The summed E-state index contributed by atoms with van der Waals surface area (Å²) in [5, 5.41) is 7.09. The zero-order valence-corrected chi connectivity index (χ0v) is 12.3. The summed E-state index contributed by atoms with van der Waals surface area (Å²) in [5.74, 6) is 0. The molecule has 1 N–H and O–H groups in total. The van der Waals surface area contributed by atoms with Crippen LogP contribution in [0.15, 0.2) is 18.5 Å². The molecule has 2 aromatic heterocycles. The second-order valence-corrected chi connectivity index (χ2v) is 5.55. The van der Waals surface area contributed by atoms with E-state index < -0.39 is 11.7 Å². The predicted octanol–water partition coefficient (Wildman–Crippen LogP) is 2.32. The van der Waals surface area contributed by atoms with Gasteiger partial charge in [0.25, 0.3) is 0 Å². The minimum Gasteiger partial charge on any atom is -0.444 e. The van der Waals surface area contributed by atoms with Gasteiger partial charge in [-0.05, 0) is 33.3 Å². The fraction of sp³-hybridized carbons (Fsp3) is 0.500. The Labute approximate surface area is 118 Å². The maximum atomic E-state index is 11.6. The number of nitrogens with one attached hydrogen (secondary N) is 1. The Morgan fingerprint density at radius 2 is 2.20 bits per heavy atom. The average Bonchev–Trinajstić information content (AvgIpc) is 2.76. The fourth-order valence-corrected chi connectivity index (χ4v) is 1.86. The van der Waals surface area contributed by atoms with Gasteiger partial charge in [-0.25, -0.2) is 9.31 Å². The number of rotatable bonds is 3. The van der Waals surface area contributed by atoms with Crippen LogP contribution < -0.4 is 5.32 Å². The van der Waals surface area contributed by atoms with E-state index in [0.29, 0.717) is 6.54 Å². The zero-order valence-electron chi connectivity index (χ0n) is 12.3. The van der Waals surface area contributed by atoms with Crippen molar-refractivity contribution >= 4 is 11.6 Å². The van der Waals surface area contributed by atoms with Gasteiger partial charge in [-0.3, -0.25) is 4.98 Å². The molecule has 0 fully saturated rings. The molecule has 0 aliphatic rings. The number of aromatic nitrogens is 3. The summed E-state index contributed by atoms with van der Waals surface area (Å²) in [5.41, 5.74) is 2.24. The third-order valence-electron chi connectivity index (χ3n) is 2.67. The monoisotopic (exact) mass is 276 g/mol. The molecular formula is C14H20N4O2. The second-order valence-electron chi connectivity index (χ2n) is 5.55. The van der Waals surface area contributed by atoms with Crippen LogP contribution in [-0.2, 0) is 17.7 Å². The topological polar surface area (TPSA) is 68.5 Å². The lowest BCUT2D eigenvalue weighted by Crippen LogP contribution is -2.32. The largest absolute Gasteiger partial charge is 0.444 e. The number of hydrogen-bond acceptors (Lipinski definition) is 4. The molecule has 20 heavy (non-hydrogen) atoms. The Bertz CT molecular complexity index is 613. The number of carbonyl (C=O) groups excluding carboxylic acids is 1. The highest BCUT2D eigenvalue weighted by molar-refractivity contribution is 5.67. The summed E-state index contributed by atoms with van der Waals surface area (Å²) < 4.78 is 6.96. The molecule has 2 heterocycles. The summed E-state index contributed by atoms with van der Waals surface area (Å²) >= 11 is 0. The van der Waals surface area contributed by atoms with E-state index in [2.05, 4.69) is 15.4 Å². The Morgan fingerprint density at radius 3 is 2.85 bits per heavy atom. The molecule has 6 nitrogen and oxygen atoms in total. The predicted molar refractivity (Wildman–Crippen MR) is 75.4 cm³/mol. The number of hydrogen-bond donors (Lipinski definition) is 1. The number of alkyl carbamates (subject to hydrolysis) is 1. The smallest absolute Gasteiger partial charge is 0.407 e. The lowest BCUT2D eigenvalue weighted by molar-refractivity contribution is 0.0523. The Morgan fingerprint density at radius 1 is 1.45 bits per heavy atom. The van der Waals surface area contributed by atoms with Crippen LogP contribution in [0.1, 0.15) is 39.1 Å². The van der Waals surface area contributed by atoms with Gasteiger partial charge in [0.05, 0.1) is 23.4 Å². The molecule has 2 aromatic rings. The summed E-state index contributed by atoms with van der Waals surface area (Å²) in [6, 6.07) is 1.93. The first kappa shape index (κ1) is 14.3. The van der Waals surface area contributed by atoms with E-state index in [1.807, 2.05) is 33.8 Å². The zero-order chi connectivity index (χ0) is 14.8. The van der Waals surface area contributed by atoms with E-state index in [1.54, 1.807) is 16.9 Å². The quantitative estimate of drug-likeness (QED) is 0.934. The third kappa shape index (κ3) is 3.46. The third-order valence-corrected chi connectivity index (χ3v) is 2.67. The SMILES string of the molecule is CCc1nccn2nc(CNC(=O)OC(C)(C)C)cc12. The van der Waals surface area contributed by atoms with Gasteiger partial charge < -0.3 is 10.1 Å². The average molecular weight is 276 g/mol. The molecule has 0 bridgehead atoms. The molecule has 2 rings (SSSR count). The second kappa shape index (κ2) is 5.48. The minimum absolute atomic E-state index is 0.333. The normalized spacial score (nSPS) is 11.6. The van der Waals surface area contributed by atoms with Gasteiger partial charge >= 0.3 is 6.09 Å². The number of ether oxygens (including phenoxy) is 1.